The van der Waals surface area contributed by atoms with Crippen molar-refractivity contribution in [3.8, 4) is 11.8 Å². The second-order valence-corrected chi connectivity index (χ2v) is 16.4. The average molecular weight is 467 g/mol. The minimum atomic E-state index is -1.16. The van der Waals surface area contributed by atoms with Crippen LogP contribution in [0.4, 0.5) is 0 Å². The largest absolute Gasteiger partial charge is 0.494 e. The van der Waals surface area contributed by atoms with Crippen LogP contribution in [0.15, 0.2) is 42.6 Å². The molecule has 3 aromatic rings. The summed E-state index contributed by atoms with van der Waals surface area (Å²) >= 11 is 0. The normalized spacial score (nSPS) is 17.6. The summed E-state index contributed by atoms with van der Waals surface area (Å²) in [5, 5.41) is 0. The van der Waals surface area contributed by atoms with Gasteiger partial charge in [-0.3, -0.25) is 4.57 Å². The SMILES string of the molecule is CC1(C)OB(c2ccc(Oc3nc4cccnc4n3COCC[Si](C)(C)C)cc2)OC1(C)C. The van der Waals surface area contributed by atoms with Gasteiger partial charge >= 0.3 is 13.1 Å². The number of fused-ring (bicyclic) bond motifs is 1. The number of benzene rings is 1. The molecule has 33 heavy (non-hydrogen) atoms. The van der Waals surface area contributed by atoms with Crippen molar-refractivity contribution in [2.45, 2.75) is 71.3 Å². The standard InChI is InChI=1S/C24H34BN3O4Si/c1-23(2)24(3,4)32-25(31-23)18-10-12-19(13-11-18)30-22-27-20-9-8-14-26-21(20)28(22)17-29-15-16-33(5,6)7/h8-14H,15-17H2,1-7H3. The fourth-order valence-corrected chi connectivity index (χ4v) is 4.20. The molecule has 0 atom stereocenters. The van der Waals surface area contributed by atoms with E-state index in [1.807, 2.05) is 41.0 Å². The summed E-state index contributed by atoms with van der Waals surface area (Å²) in [7, 11) is -1.56. The van der Waals surface area contributed by atoms with E-state index < -0.39 is 15.2 Å². The van der Waals surface area contributed by atoms with Crippen molar-refractivity contribution in [2.75, 3.05) is 6.61 Å². The van der Waals surface area contributed by atoms with E-state index in [2.05, 4.69) is 57.3 Å². The molecule has 0 spiro atoms. The first-order valence-corrected chi connectivity index (χ1v) is 15.2. The van der Waals surface area contributed by atoms with Crippen LogP contribution in [-0.4, -0.2) is 47.5 Å². The van der Waals surface area contributed by atoms with E-state index in [-0.39, 0.29) is 11.2 Å². The Morgan fingerprint density at radius 3 is 2.30 bits per heavy atom. The summed E-state index contributed by atoms with van der Waals surface area (Å²) in [5.74, 6) is 0.675. The highest BCUT2D eigenvalue weighted by Gasteiger charge is 2.51. The molecule has 1 saturated heterocycles. The van der Waals surface area contributed by atoms with Crippen LogP contribution in [-0.2, 0) is 20.8 Å². The maximum absolute atomic E-state index is 6.15. The summed E-state index contributed by atoms with van der Waals surface area (Å²) in [6.45, 7) is 16.3. The topological polar surface area (TPSA) is 67.6 Å². The molecule has 0 amide bonds. The summed E-state index contributed by atoms with van der Waals surface area (Å²) < 4.78 is 26.3. The maximum atomic E-state index is 6.15. The number of hydrogen-bond donors (Lipinski definition) is 0. The number of imidazole rings is 1. The highest BCUT2D eigenvalue weighted by Crippen LogP contribution is 2.36. The Kier molecular flexibility index (Phi) is 6.43. The van der Waals surface area contributed by atoms with Gasteiger partial charge in [-0.15, -0.1) is 0 Å². The number of pyridine rings is 1. The maximum Gasteiger partial charge on any atom is 0.494 e. The molecule has 0 bridgehead atoms. The van der Waals surface area contributed by atoms with Gasteiger partial charge in [0.25, 0.3) is 0 Å². The third-order valence-corrected chi connectivity index (χ3v) is 8.00. The van der Waals surface area contributed by atoms with E-state index in [1.54, 1.807) is 6.20 Å². The highest BCUT2D eigenvalue weighted by molar-refractivity contribution is 6.76. The van der Waals surface area contributed by atoms with Crippen molar-refractivity contribution in [3.05, 3.63) is 42.6 Å². The van der Waals surface area contributed by atoms with Gasteiger partial charge in [0, 0.05) is 20.9 Å². The molecular formula is C24H34BN3O4Si. The van der Waals surface area contributed by atoms with E-state index in [0.717, 1.165) is 22.7 Å². The molecule has 0 N–H and O–H groups in total. The molecule has 2 aromatic heterocycles. The van der Waals surface area contributed by atoms with Gasteiger partial charge in [0.2, 0.25) is 0 Å². The lowest BCUT2D eigenvalue weighted by atomic mass is 9.79. The lowest BCUT2D eigenvalue weighted by Crippen LogP contribution is -2.41. The van der Waals surface area contributed by atoms with Crippen molar-refractivity contribution in [1.82, 2.24) is 14.5 Å². The summed E-state index contributed by atoms with van der Waals surface area (Å²) in [5.41, 5.74) is 1.72. The van der Waals surface area contributed by atoms with E-state index in [0.29, 0.717) is 25.1 Å². The van der Waals surface area contributed by atoms with Gasteiger partial charge in [-0.25, -0.2) is 4.98 Å². The average Bonchev–Trinajstić information content (AvgIpc) is 3.17. The van der Waals surface area contributed by atoms with Gasteiger partial charge in [-0.1, -0.05) is 31.8 Å². The molecule has 1 aromatic carbocycles. The summed E-state index contributed by atoms with van der Waals surface area (Å²) in [6, 6.07) is 13.1. The van der Waals surface area contributed by atoms with Gasteiger partial charge in [0.05, 0.1) is 11.2 Å². The van der Waals surface area contributed by atoms with Crippen molar-refractivity contribution >= 4 is 31.8 Å². The Morgan fingerprint density at radius 2 is 1.67 bits per heavy atom. The van der Waals surface area contributed by atoms with Crippen LogP contribution in [0.1, 0.15) is 27.7 Å². The van der Waals surface area contributed by atoms with Crippen molar-refractivity contribution in [3.63, 3.8) is 0 Å². The summed E-state index contributed by atoms with van der Waals surface area (Å²) in [4.78, 5) is 9.11. The fourth-order valence-electron chi connectivity index (χ4n) is 3.44. The molecule has 4 rings (SSSR count). The first kappa shape index (κ1) is 23.9. The number of ether oxygens (including phenoxy) is 2. The Balaban J connectivity index is 1.49. The van der Waals surface area contributed by atoms with Crippen LogP contribution in [0.5, 0.6) is 11.8 Å². The molecule has 1 aliphatic rings. The van der Waals surface area contributed by atoms with E-state index in [9.17, 15) is 0 Å². The van der Waals surface area contributed by atoms with E-state index >= 15 is 0 Å². The number of aromatic nitrogens is 3. The third kappa shape index (κ3) is 5.32. The molecule has 0 radical (unpaired) electrons. The molecule has 7 nitrogen and oxygen atoms in total. The minimum Gasteiger partial charge on any atom is -0.425 e. The lowest BCUT2D eigenvalue weighted by molar-refractivity contribution is 0.00578. The van der Waals surface area contributed by atoms with Crippen LogP contribution in [0.25, 0.3) is 11.2 Å². The third-order valence-electron chi connectivity index (χ3n) is 6.30. The van der Waals surface area contributed by atoms with Crippen LogP contribution >= 0.6 is 0 Å². The molecule has 3 heterocycles. The van der Waals surface area contributed by atoms with E-state index in [1.165, 1.54) is 0 Å². The number of hydrogen-bond acceptors (Lipinski definition) is 6. The Labute approximate surface area is 197 Å². The summed E-state index contributed by atoms with van der Waals surface area (Å²) in [6.07, 6.45) is 1.76. The van der Waals surface area contributed by atoms with Gasteiger partial charge < -0.3 is 18.8 Å². The Morgan fingerprint density at radius 1 is 1.00 bits per heavy atom. The molecule has 0 saturated carbocycles. The lowest BCUT2D eigenvalue weighted by Gasteiger charge is -2.32. The fraction of sp³-hybridized carbons (Fsp3) is 0.500. The van der Waals surface area contributed by atoms with Crippen LogP contribution in [0, 0.1) is 0 Å². The zero-order chi connectivity index (χ0) is 23.9. The molecule has 0 aliphatic carbocycles. The van der Waals surface area contributed by atoms with Crippen LogP contribution < -0.4 is 10.2 Å². The van der Waals surface area contributed by atoms with Gasteiger partial charge in [-0.05, 0) is 63.5 Å². The predicted molar refractivity (Wildman–Crippen MR) is 134 cm³/mol. The highest BCUT2D eigenvalue weighted by atomic mass is 28.3. The molecule has 176 valence electrons. The van der Waals surface area contributed by atoms with E-state index in [4.69, 9.17) is 18.8 Å². The van der Waals surface area contributed by atoms with Crippen LogP contribution in [0.3, 0.4) is 0 Å². The molecule has 1 aliphatic heterocycles. The van der Waals surface area contributed by atoms with Crippen molar-refractivity contribution in [1.29, 1.82) is 0 Å². The van der Waals surface area contributed by atoms with Crippen LogP contribution in [0.2, 0.25) is 25.7 Å². The van der Waals surface area contributed by atoms with Gasteiger partial charge in [0.1, 0.15) is 18.0 Å². The number of nitrogens with zero attached hydrogens (tertiary/aromatic N) is 3. The van der Waals surface area contributed by atoms with Gasteiger partial charge in [-0.2, -0.15) is 4.98 Å². The Bertz CT molecular complexity index is 1090. The Hall–Kier alpha value is -2.20. The molecular weight excluding hydrogens is 433 g/mol. The second-order valence-electron chi connectivity index (χ2n) is 10.8. The molecule has 9 heteroatoms. The first-order valence-electron chi connectivity index (χ1n) is 11.5. The molecule has 1 fully saturated rings. The zero-order valence-corrected chi connectivity index (χ0v) is 21.7. The van der Waals surface area contributed by atoms with Gasteiger partial charge in [0.15, 0.2) is 5.65 Å². The molecule has 0 unspecified atom stereocenters. The smallest absolute Gasteiger partial charge is 0.425 e. The van der Waals surface area contributed by atoms with Crippen molar-refractivity contribution in [2.24, 2.45) is 0 Å². The first-order chi connectivity index (χ1) is 15.5. The second kappa shape index (κ2) is 8.87. The number of rotatable bonds is 8. The monoisotopic (exact) mass is 467 g/mol. The quantitative estimate of drug-likeness (QED) is 0.349. The van der Waals surface area contributed by atoms with Crippen molar-refractivity contribution < 1.29 is 18.8 Å². The zero-order valence-electron chi connectivity index (χ0n) is 20.7. The minimum absolute atomic E-state index is 0.347. The predicted octanol–water partition coefficient (Wildman–Crippen LogP) is 4.84.